The lowest BCUT2D eigenvalue weighted by molar-refractivity contribution is 0.102. The van der Waals surface area contributed by atoms with Crippen molar-refractivity contribution in [2.24, 2.45) is 0 Å². The van der Waals surface area contributed by atoms with Gasteiger partial charge in [-0.25, -0.2) is 0 Å². The average molecular weight is 370 g/mol. The predicted octanol–water partition coefficient (Wildman–Crippen LogP) is 5.38. The van der Waals surface area contributed by atoms with Crippen LogP contribution in [0.2, 0.25) is 10.0 Å². The van der Waals surface area contributed by atoms with Crippen LogP contribution in [-0.4, -0.2) is 24.0 Å². The standard InChI is InChI=1S/C17H17Cl2NO2S/c1-2-23-11-10-22-13-8-6-12(7-9-13)17(21)20-15-5-3-4-14(18)16(15)19/h3-9H,2,10-11H2,1H3,(H,20,21). The summed E-state index contributed by atoms with van der Waals surface area (Å²) in [5.74, 6) is 2.53. The Bertz CT molecular complexity index is 662. The molecule has 0 radical (unpaired) electrons. The molecule has 0 saturated carbocycles. The topological polar surface area (TPSA) is 38.3 Å². The fraction of sp³-hybridized carbons (Fsp3) is 0.235. The smallest absolute Gasteiger partial charge is 0.255 e. The summed E-state index contributed by atoms with van der Waals surface area (Å²) in [6.07, 6.45) is 0. The molecule has 1 amide bonds. The summed E-state index contributed by atoms with van der Waals surface area (Å²) in [6, 6.07) is 12.1. The zero-order chi connectivity index (χ0) is 16.7. The summed E-state index contributed by atoms with van der Waals surface area (Å²) < 4.78 is 5.60. The van der Waals surface area contributed by atoms with Gasteiger partial charge in [0.25, 0.3) is 5.91 Å². The molecule has 2 rings (SSSR count). The number of ether oxygens (including phenoxy) is 1. The summed E-state index contributed by atoms with van der Waals surface area (Å²) in [6.45, 7) is 2.77. The van der Waals surface area contributed by atoms with Gasteiger partial charge < -0.3 is 10.1 Å². The number of benzene rings is 2. The molecular formula is C17H17Cl2NO2S. The lowest BCUT2D eigenvalue weighted by atomic mass is 10.2. The van der Waals surface area contributed by atoms with Crippen LogP contribution in [0.15, 0.2) is 42.5 Å². The third-order valence-electron chi connectivity index (χ3n) is 3.02. The van der Waals surface area contributed by atoms with Gasteiger partial charge in [-0.05, 0) is 42.2 Å². The van der Waals surface area contributed by atoms with Crippen molar-refractivity contribution in [3.8, 4) is 5.75 Å². The number of rotatable bonds is 7. The van der Waals surface area contributed by atoms with Crippen LogP contribution in [0.1, 0.15) is 17.3 Å². The van der Waals surface area contributed by atoms with Gasteiger partial charge in [0.15, 0.2) is 0 Å². The van der Waals surface area contributed by atoms with E-state index in [4.69, 9.17) is 27.9 Å². The summed E-state index contributed by atoms with van der Waals surface area (Å²) >= 11 is 13.8. The van der Waals surface area contributed by atoms with Crippen LogP contribution in [-0.2, 0) is 0 Å². The van der Waals surface area contributed by atoms with E-state index in [1.165, 1.54) is 0 Å². The van der Waals surface area contributed by atoms with Gasteiger partial charge in [-0.2, -0.15) is 11.8 Å². The number of carbonyl (C=O) groups excluding carboxylic acids is 1. The first-order chi connectivity index (χ1) is 11.1. The lowest BCUT2D eigenvalue weighted by Crippen LogP contribution is -2.12. The summed E-state index contributed by atoms with van der Waals surface area (Å²) in [5, 5.41) is 3.48. The Hall–Kier alpha value is -1.36. The van der Waals surface area contributed by atoms with E-state index < -0.39 is 0 Å². The lowest BCUT2D eigenvalue weighted by Gasteiger charge is -2.09. The fourth-order valence-electron chi connectivity index (χ4n) is 1.86. The van der Waals surface area contributed by atoms with Gasteiger partial charge in [0.1, 0.15) is 5.75 Å². The van der Waals surface area contributed by atoms with Crippen LogP contribution in [0.25, 0.3) is 0 Å². The molecule has 0 aliphatic heterocycles. The number of nitrogens with one attached hydrogen (secondary N) is 1. The Kier molecular flexibility index (Phi) is 7.09. The summed E-state index contributed by atoms with van der Waals surface area (Å²) in [4.78, 5) is 12.2. The second-order valence-electron chi connectivity index (χ2n) is 4.63. The number of anilines is 1. The van der Waals surface area contributed by atoms with Crippen molar-refractivity contribution >= 4 is 46.6 Å². The Morgan fingerprint density at radius 1 is 1.17 bits per heavy atom. The van der Waals surface area contributed by atoms with Gasteiger partial charge in [0.2, 0.25) is 0 Å². The molecule has 1 N–H and O–H groups in total. The molecule has 0 atom stereocenters. The second-order valence-corrected chi connectivity index (χ2v) is 6.80. The van der Waals surface area contributed by atoms with Gasteiger partial charge in [-0.1, -0.05) is 36.2 Å². The van der Waals surface area contributed by atoms with Crippen LogP contribution < -0.4 is 10.1 Å². The average Bonchev–Trinajstić information content (AvgIpc) is 2.56. The molecule has 0 spiro atoms. The molecule has 0 unspecified atom stereocenters. The number of hydrogen-bond donors (Lipinski definition) is 1. The molecule has 2 aromatic carbocycles. The van der Waals surface area contributed by atoms with E-state index in [0.29, 0.717) is 27.9 Å². The first-order valence-electron chi connectivity index (χ1n) is 7.17. The highest BCUT2D eigenvalue weighted by molar-refractivity contribution is 7.99. The van der Waals surface area contributed by atoms with Crippen LogP contribution in [0.4, 0.5) is 5.69 Å². The minimum atomic E-state index is -0.248. The van der Waals surface area contributed by atoms with E-state index in [2.05, 4.69) is 12.2 Å². The maximum absolute atomic E-state index is 12.2. The van der Waals surface area contributed by atoms with Crippen LogP contribution >= 0.6 is 35.0 Å². The predicted molar refractivity (Wildman–Crippen MR) is 99.4 cm³/mol. The number of hydrogen-bond acceptors (Lipinski definition) is 3. The zero-order valence-corrected chi connectivity index (χ0v) is 15.0. The Morgan fingerprint density at radius 2 is 1.91 bits per heavy atom. The van der Waals surface area contributed by atoms with Crippen LogP contribution in [0.3, 0.4) is 0 Å². The molecule has 3 nitrogen and oxygen atoms in total. The fourth-order valence-corrected chi connectivity index (χ4v) is 2.70. The van der Waals surface area contributed by atoms with Crippen molar-refractivity contribution in [3.05, 3.63) is 58.1 Å². The molecule has 122 valence electrons. The van der Waals surface area contributed by atoms with E-state index in [0.717, 1.165) is 17.3 Å². The van der Waals surface area contributed by atoms with E-state index in [1.54, 1.807) is 42.5 Å². The van der Waals surface area contributed by atoms with E-state index >= 15 is 0 Å². The first kappa shape index (κ1) is 18.0. The van der Waals surface area contributed by atoms with Crippen molar-refractivity contribution in [2.75, 3.05) is 23.4 Å². The van der Waals surface area contributed by atoms with Crippen molar-refractivity contribution < 1.29 is 9.53 Å². The highest BCUT2D eigenvalue weighted by Crippen LogP contribution is 2.29. The van der Waals surface area contributed by atoms with Crippen molar-refractivity contribution in [1.29, 1.82) is 0 Å². The van der Waals surface area contributed by atoms with Crippen LogP contribution in [0.5, 0.6) is 5.75 Å². The van der Waals surface area contributed by atoms with Crippen molar-refractivity contribution in [3.63, 3.8) is 0 Å². The maximum atomic E-state index is 12.2. The monoisotopic (exact) mass is 369 g/mol. The maximum Gasteiger partial charge on any atom is 0.255 e. The van der Waals surface area contributed by atoms with E-state index in [1.807, 2.05) is 11.8 Å². The highest BCUT2D eigenvalue weighted by atomic mass is 35.5. The minimum Gasteiger partial charge on any atom is -0.493 e. The quantitative estimate of drug-likeness (QED) is 0.665. The SMILES string of the molecule is CCSCCOc1ccc(C(=O)Nc2cccc(Cl)c2Cl)cc1. The molecule has 23 heavy (non-hydrogen) atoms. The highest BCUT2D eigenvalue weighted by Gasteiger charge is 2.10. The van der Waals surface area contributed by atoms with E-state index in [-0.39, 0.29) is 5.91 Å². The first-order valence-corrected chi connectivity index (χ1v) is 9.09. The molecule has 0 saturated heterocycles. The molecule has 0 bridgehead atoms. The van der Waals surface area contributed by atoms with Gasteiger partial charge in [-0.3, -0.25) is 4.79 Å². The van der Waals surface area contributed by atoms with Gasteiger partial charge in [0.05, 0.1) is 22.3 Å². The minimum absolute atomic E-state index is 0.248. The Morgan fingerprint density at radius 3 is 2.61 bits per heavy atom. The third kappa shape index (κ3) is 5.34. The second kappa shape index (κ2) is 9.06. The summed E-state index contributed by atoms with van der Waals surface area (Å²) in [7, 11) is 0. The summed E-state index contributed by atoms with van der Waals surface area (Å²) in [5.41, 5.74) is 1.01. The van der Waals surface area contributed by atoms with Crippen LogP contribution in [0, 0.1) is 0 Å². The largest absolute Gasteiger partial charge is 0.493 e. The zero-order valence-electron chi connectivity index (χ0n) is 12.6. The molecule has 0 aliphatic rings. The molecular weight excluding hydrogens is 353 g/mol. The van der Waals surface area contributed by atoms with Crippen molar-refractivity contribution in [1.82, 2.24) is 0 Å². The third-order valence-corrected chi connectivity index (χ3v) is 4.70. The Labute approximate surface area is 150 Å². The molecule has 0 aromatic heterocycles. The van der Waals surface area contributed by atoms with E-state index in [9.17, 15) is 4.79 Å². The number of halogens is 2. The normalized spacial score (nSPS) is 10.4. The van der Waals surface area contributed by atoms with Crippen molar-refractivity contribution in [2.45, 2.75) is 6.92 Å². The molecule has 0 heterocycles. The molecule has 6 heteroatoms. The van der Waals surface area contributed by atoms with Gasteiger partial charge in [-0.15, -0.1) is 0 Å². The molecule has 0 aliphatic carbocycles. The van der Waals surface area contributed by atoms with Gasteiger partial charge >= 0.3 is 0 Å². The molecule has 0 fully saturated rings. The van der Waals surface area contributed by atoms with Gasteiger partial charge in [0, 0.05) is 11.3 Å². The number of carbonyl (C=O) groups is 1. The number of thioether (sulfide) groups is 1. The molecule has 2 aromatic rings. The number of amides is 1. The Balaban J connectivity index is 1.96.